The maximum absolute atomic E-state index is 10.4. The molecular formula is C19H29N2O2+. The van der Waals surface area contributed by atoms with E-state index in [2.05, 4.69) is 0 Å². The molecule has 2 aromatic rings. The molecule has 4 N–H and O–H groups in total. The number of carboxylic acid groups (broad SMARTS) is 1. The van der Waals surface area contributed by atoms with Crippen LogP contribution in [0.15, 0.2) is 48.5 Å². The van der Waals surface area contributed by atoms with Gasteiger partial charge in [0.1, 0.15) is 5.69 Å². The number of aryl methyl sites for hydroxylation is 2. The van der Waals surface area contributed by atoms with Crippen molar-refractivity contribution in [3.05, 3.63) is 59.7 Å². The molecule has 0 saturated heterocycles. The van der Waals surface area contributed by atoms with Crippen LogP contribution in [0.4, 0.5) is 11.4 Å². The summed E-state index contributed by atoms with van der Waals surface area (Å²) in [6.07, 6.45) is 0.208. The molecule has 0 spiro atoms. The fraction of sp³-hybridized carbons (Fsp3) is 0.316. The van der Waals surface area contributed by atoms with Gasteiger partial charge >= 0.3 is 5.97 Å². The van der Waals surface area contributed by atoms with E-state index in [0.717, 1.165) is 16.3 Å². The third-order valence-corrected chi connectivity index (χ3v) is 3.34. The average molecular weight is 317 g/mol. The van der Waals surface area contributed by atoms with Crippen LogP contribution in [0, 0.1) is 13.8 Å². The summed E-state index contributed by atoms with van der Waals surface area (Å²) >= 11 is 0. The van der Waals surface area contributed by atoms with Crippen molar-refractivity contribution in [2.45, 2.75) is 27.7 Å². The molecule has 0 aliphatic carbocycles. The lowest BCUT2D eigenvalue weighted by molar-refractivity contribution is -0.809. The number of nitrogens with two attached hydrogens (primary N) is 1. The molecule has 0 aliphatic rings. The van der Waals surface area contributed by atoms with E-state index in [-0.39, 0.29) is 13.8 Å². The molecule has 0 saturated carbocycles. The summed E-state index contributed by atoms with van der Waals surface area (Å²) in [5.41, 5.74) is 9.86. The Morgan fingerprint density at radius 3 is 1.83 bits per heavy atom. The van der Waals surface area contributed by atoms with E-state index in [1.807, 2.05) is 69.4 Å². The van der Waals surface area contributed by atoms with E-state index >= 15 is 0 Å². The summed E-state index contributed by atoms with van der Waals surface area (Å²) in [5, 5.41) is 8.54. The molecule has 126 valence electrons. The lowest BCUT2D eigenvalue weighted by Gasteiger charge is -2.11. The zero-order valence-electron chi connectivity index (χ0n) is 13.5. The molecule has 1 unspecified atom stereocenters. The predicted molar refractivity (Wildman–Crippen MR) is 97.2 cm³/mol. The normalized spacial score (nSPS) is 10.7. The molecule has 2 rings (SSSR count). The van der Waals surface area contributed by atoms with Crippen LogP contribution in [0.3, 0.4) is 0 Å². The highest BCUT2D eigenvalue weighted by Gasteiger charge is 2.07. The van der Waals surface area contributed by atoms with Gasteiger partial charge in [-0.3, -0.25) is 4.79 Å². The lowest BCUT2D eigenvalue weighted by Crippen LogP contribution is -3.04. The van der Waals surface area contributed by atoms with Crippen molar-refractivity contribution < 1.29 is 14.8 Å². The molecule has 23 heavy (non-hydrogen) atoms. The quantitative estimate of drug-likeness (QED) is 0.760. The molecule has 2 aromatic carbocycles. The number of quaternary nitrogens is 1. The number of carboxylic acids is 1. The Morgan fingerprint density at radius 2 is 1.43 bits per heavy atom. The molecule has 0 aliphatic heterocycles. The van der Waals surface area contributed by atoms with Gasteiger partial charge in [0.15, 0.2) is 0 Å². The first kappa shape index (κ1) is 20.7. The summed E-state index contributed by atoms with van der Waals surface area (Å²) < 4.78 is 0. The number of nitrogen functional groups attached to an aromatic ring is 1. The van der Waals surface area contributed by atoms with Gasteiger partial charge in [0, 0.05) is 5.69 Å². The monoisotopic (exact) mass is 317 g/mol. The van der Waals surface area contributed by atoms with Gasteiger partial charge in [-0.25, -0.2) is 0 Å². The van der Waals surface area contributed by atoms with Crippen LogP contribution >= 0.6 is 0 Å². The van der Waals surface area contributed by atoms with Crippen LogP contribution < -0.4 is 10.6 Å². The molecular weight excluding hydrogens is 288 g/mol. The Balaban J connectivity index is 0.000000460. The van der Waals surface area contributed by atoms with E-state index in [1.54, 1.807) is 0 Å². The summed E-state index contributed by atoms with van der Waals surface area (Å²) in [7, 11) is 1.98. The lowest BCUT2D eigenvalue weighted by atomic mass is 10.2. The second kappa shape index (κ2) is 10.4. The second-order valence-corrected chi connectivity index (χ2v) is 5.45. The van der Waals surface area contributed by atoms with Crippen molar-refractivity contribution in [3.8, 4) is 0 Å². The second-order valence-electron chi connectivity index (χ2n) is 5.45. The van der Waals surface area contributed by atoms with Crippen LogP contribution in [0.25, 0.3) is 0 Å². The fourth-order valence-electron chi connectivity index (χ4n) is 1.84. The minimum Gasteiger partial charge on any atom is -0.481 e. The largest absolute Gasteiger partial charge is 0.481 e. The number of hydrogen-bond donors (Lipinski definition) is 3. The standard InChI is InChI=1S/C11H15NO2.C7H9N.CH4/c1-9-3-5-10(6-4-9)12(2)8-7-11(13)14;1-6-2-4-7(8)5-3-6;/h3-6H,7-8H2,1-2H3,(H,13,14);2-5H,8H2,1H3;1H4/p+1. The summed E-state index contributed by atoms with van der Waals surface area (Å²) in [6, 6.07) is 15.9. The number of nitrogens with one attached hydrogen (secondary N) is 1. The topological polar surface area (TPSA) is 67.8 Å². The number of rotatable bonds is 4. The van der Waals surface area contributed by atoms with Gasteiger partial charge < -0.3 is 15.7 Å². The van der Waals surface area contributed by atoms with Gasteiger partial charge in [0.05, 0.1) is 20.0 Å². The van der Waals surface area contributed by atoms with Gasteiger partial charge in [0.2, 0.25) is 0 Å². The third kappa shape index (κ3) is 8.63. The number of anilines is 1. The van der Waals surface area contributed by atoms with Gasteiger partial charge in [-0.15, -0.1) is 0 Å². The van der Waals surface area contributed by atoms with E-state index < -0.39 is 5.97 Å². The zero-order valence-corrected chi connectivity index (χ0v) is 13.5. The Bertz CT molecular complexity index is 556. The van der Waals surface area contributed by atoms with Crippen molar-refractivity contribution >= 4 is 17.3 Å². The first-order valence-electron chi connectivity index (χ1n) is 7.32. The van der Waals surface area contributed by atoms with Crippen molar-refractivity contribution in [3.63, 3.8) is 0 Å². The van der Waals surface area contributed by atoms with Crippen LogP contribution in [-0.4, -0.2) is 24.7 Å². The first-order chi connectivity index (χ1) is 10.4. The molecule has 1 atom stereocenters. The van der Waals surface area contributed by atoms with Gasteiger partial charge in [-0.2, -0.15) is 0 Å². The summed E-state index contributed by atoms with van der Waals surface area (Å²) in [4.78, 5) is 11.5. The first-order valence-corrected chi connectivity index (χ1v) is 7.32. The third-order valence-electron chi connectivity index (χ3n) is 3.34. The zero-order chi connectivity index (χ0) is 16.5. The molecule has 0 radical (unpaired) electrons. The molecule has 0 aromatic heterocycles. The van der Waals surface area contributed by atoms with Crippen LogP contribution in [0.1, 0.15) is 25.0 Å². The summed E-state index contributed by atoms with van der Waals surface area (Å²) in [5.74, 6) is -0.739. The fourth-order valence-corrected chi connectivity index (χ4v) is 1.84. The summed E-state index contributed by atoms with van der Waals surface area (Å²) in [6.45, 7) is 4.70. The van der Waals surface area contributed by atoms with E-state index in [1.165, 1.54) is 11.1 Å². The van der Waals surface area contributed by atoms with Crippen molar-refractivity contribution in [2.24, 2.45) is 0 Å². The SMILES string of the molecule is C.Cc1ccc(N)cc1.Cc1ccc([NH+](C)CCC(=O)O)cc1. The van der Waals surface area contributed by atoms with Crippen LogP contribution in [0.5, 0.6) is 0 Å². The van der Waals surface area contributed by atoms with Crippen molar-refractivity contribution in [1.82, 2.24) is 0 Å². The molecule has 0 bridgehead atoms. The van der Waals surface area contributed by atoms with Gasteiger partial charge in [0.25, 0.3) is 0 Å². The Morgan fingerprint density at radius 1 is 1.00 bits per heavy atom. The minimum atomic E-state index is -0.739. The number of benzene rings is 2. The number of carbonyl (C=O) groups is 1. The molecule has 4 nitrogen and oxygen atoms in total. The smallest absolute Gasteiger partial charge is 0.309 e. The number of hydrogen-bond acceptors (Lipinski definition) is 2. The minimum absolute atomic E-state index is 0. The van der Waals surface area contributed by atoms with Gasteiger partial charge in [-0.1, -0.05) is 42.8 Å². The molecule has 4 heteroatoms. The average Bonchev–Trinajstić information content (AvgIpc) is 2.49. The van der Waals surface area contributed by atoms with Crippen LogP contribution in [0.2, 0.25) is 0 Å². The Kier molecular flexibility index (Phi) is 9.35. The highest BCUT2D eigenvalue weighted by Crippen LogP contribution is 2.03. The van der Waals surface area contributed by atoms with E-state index in [0.29, 0.717) is 6.54 Å². The molecule has 0 amide bonds. The van der Waals surface area contributed by atoms with Crippen LogP contribution in [-0.2, 0) is 4.79 Å². The molecule has 0 fully saturated rings. The predicted octanol–water partition coefficient (Wildman–Crippen LogP) is 2.83. The highest BCUT2D eigenvalue weighted by molar-refractivity contribution is 5.66. The highest BCUT2D eigenvalue weighted by atomic mass is 16.4. The van der Waals surface area contributed by atoms with E-state index in [4.69, 9.17) is 10.8 Å². The van der Waals surface area contributed by atoms with Gasteiger partial charge in [-0.05, 0) is 38.1 Å². The van der Waals surface area contributed by atoms with E-state index in [9.17, 15) is 4.79 Å². The number of aliphatic carboxylic acids is 1. The van der Waals surface area contributed by atoms with Crippen molar-refractivity contribution in [1.29, 1.82) is 0 Å². The molecule has 0 heterocycles. The Labute approximate surface area is 139 Å². The maximum Gasteiger partial charge on any atom is 0.309 e. The van der Waals surface area contributed by atoms with Crippen molar-refractivity contribution in [2.75, 3.05) is 19.3 Å². The maximum atomic E-state index is 10.4. The Hall–Kier alpha value is -2.33.